The van der Waals surface area contributed by atoms with Crippen molar-refractivity contribution in [2.75, 3.05) is 17.6 Å². The van der Waals surface area contributed by atoms with Gasteiger partial charge in [-0.3, -0.25) is 0 Å². The van der Waals surface area contributed by atoms with Crippen LogP contribution in [-0.4, -0.2) is 22.6 Å². The van der Waals surface area contributed by atoms with E-state index in [4.69, 9.17) is 11.5 Å². The van der Waals surface area contributed by atoms with E-state index in [1.54, 1.807) is 0 Å². The minimum absolute atomic E-state index is 0.444. The topological polar surface area (TPSA) is 89.8 Å². The summed E-state index contributed by atoms with van der Waals surface area (Å²) in [5, 5.41) is 4.35. The molecule has 0 amide bonds. The third kappa shape index (κ3) is 3.24. The molecule has 0 unspecified atom stereocenters. The Hall–Kier alpha value is -1.88. The Bertz CT molecular complexity index is 605. The van der Waals surface area contributed by atoms with Crippen LogP contribution in [0.2, 0.25) is 0 Å². The van der Waals surface area contributed by atoms with Crippen LogP contribution < -0.4 is 16.8 Å². The number of nitrogens with zero attached hydrogens (tertiary/aromatic N) is 2. The van der Waals surface area contributed by atoms with Crippen LogP contribution in [0.3, 0.4) is 0 Å². The van der Waals surface area contributed by atoms with Crippen LogP contribution in [0.15, 0.2) is 24.3 Å². The molecule has 21 heavy (non-hydrogen) atoms. The first-order valence-electron chi connectivity index (χ1n) is 7.75. The first kappa shape index (κ1) is 14.1. The molecule has 0 radical (unpaired) electrons. The van der Waals surface area contributed by atoms with E-state index in [2.05, 4.69) is 15.3 Å². The predicted octanol–water partition coefficient (Wildman–Crippen LogP) is 2.53. The van der Waals surface area contributed by atoms with Gasteiger partial charge in [0.2, 0.25) is 5.95 Å². The Kier molecular flexibility index (Phi) is 4.20. The fraction of sp³-hybridized carbons (Fsp3) is 0.500. The monoisotopic (exact) mass is 285 g/mol. The van der Waals surface area contributed by atoms with Gasteiger partial charge in [0.1, 0.15) is 5.82 Å². The highest BCUT2D eigenvalue weighted by Crippen LogP contribution is 2.28. The van der Waals surface area contributed by atoms with Crippen LogP contribution in [0.1, 0.15) is 32.1 Å². The van der Waals surface area contributed by atoms with Crippen molar-refractivity contribution in [2.45, 2.75) is 38.1 Å². The van der Waals surface area contributed by atoms with Crippen molar-refractivity contribution in [3.05, 3.63) is 24.3 Å². The quantitative estimate of drug-likeness (QED) is 0.803. The van der Waals surface area contributed by atoms with E-state index in [-0.39, 0.29) is 0 Å². The van der Waals surface area contributed by atoms with Crippen molar-refractivity contribution in [2.24, 2.45) is 11.7 Å². The summed E-state index contributed by atoms with van der Waals surface area (Å²) in [7, 11) is 0. The molecule has 0 spiro atoms. The number of aromatic nitrogens is 2. The number of fused-ring (bicyclic) bond motifs is 1. The zero-order valence-electron chi connectivity index (χ0n) is 12.3. The largest absolute Gasteiger partial charge is 0.383 e. The number of nitrogens with one attached hydrogen (secondary N) is 1. The van der Waals surface area contributed by atoms with E-state index in [9.17, 15) is 0 Å². The second-order valence-corrected chi connectivity index (χ2v) is 5.89. The number of hydrogen-bond donors (Lipinski definition) is 3. The van der Waals surface area contributed by atoms with Gasteiger partial charge in [0.05, 0.1) is 5.52 Å². The van der Waals surface area contributed by atoms with Crippen LogP contribution in [0.5, 0.6) is 0 Å². The van der Waals surface area contributed by atoms with Gasteiger partial charge in [0, 0.05) is 11.4 Å². The Morgan fingerprint density at radius 2 is 1.86 bits per heavy atom. The van der Waals surface area contributed by atoms with Gasteiger partial charge in [-0.25, -0.2) is 4.98 Å². The fourth-order valence-electron chi connectivity index (χ4n) is 3.18. The minimum Gasteiger partial charge on any atom is -0.383 e. The number of nitrogen functional groups attached to an aromatic ring is 1. The van der Waals surface area contributed by atoms with Gasteiger partial charge >= 0.3 is 0 Å². The summed E-state index contributed by atoms with van der Waals surface area (Å²) in [6.45, 7) is 0.799. The van der Waals surface area contributed by atoms with E-state index in [1.165, 1.54) is 12.8 Å². The minimum atomic E-state index is 0.444. The first-order chi connectivity index (χ1) is 10.3. The molecule has 0 atom stereocenters. The zero-order chi connectivity index (χ0) is 14.7. The maximum atomic E-state index is 6.02. The molecule has 5 N–H and O–H groups in total. The molecule has 1 aromatic carbocycles. The SMILES string of the molecule is NCCC1CCC(Nc2nc(N)c3ccccc3n2)CC1. The highest BCUT2D eigenvalue weighted by molar-refractivity contribution is 5.88. The Labute approximate surface area is 125 Å². The van der Waals surface area contributed by atoms with Gasteiger partial charge in [-0.2, -0.15) is 4.98 Å². The normalized spacial score (nSPS) is 22.3. The summed E-state index contributed by atoms with van der Waals surface area (Å²) in [5.41, 5.74) is 12.5. The van der Waals surface area contributed by atoms with Crippen molar-refractivity contribution in [3.8, 4) is 0 Å². The van der Waals surface area contributed by atoms with Crippen LogP contribution in [0, 0.1) is 5.92 Å². The summed E-state index contributed by atoms with van der Waals surface area (Å²) in [6.07, 6.45) is 5.92. The summed E-state index contributed by atoms with van der Waals surface area (Å²) >= 11 is 0. The molecule has 1 aromatic heterocycles. The lowest BCUT2D eigenvalue weighted by Crippen LogP contribution is -2.28. The predicted molar refractivity (Wildman–Crippen MR) is 87.0 cm³/mol. The average Bonchev–Trinajstić information content (AvgIpc) is 2.50. The van der Waals surface area contributed by atoms with Gasteiger partial charge in [-0.1, -0.05) is 12.1 Å². The molecule has 112 valence electrons. The van der Waals surface area contributed by atoms with E-state index in [0.717, 1.165) is 42.6 Å². The molecule has 0 bridgehead atoms. The summed E-state index contributed by atoms with van der Waals surface area (Å²) in [4.78, 5) is 8.95. The second-order valence-electron chi connectivity index (χ2n) is 5.89. The highest BCUT2D eigenvalue weighted by atomic mass is 15.1. The van der Waals surface area contributed by atoms with Crippen molar-refractivity contribution in [1.82, 2.24) is 9.97 Å². The molecule has 1 saturated carbocycles. The molecule has 0 aliphatic heterocycles. The number of para-hydroxylation sites is 1. The van der Waals surface area contributed by atoms with Crippen molar-refractivity contribution in [3.63, 3.8) is 0 Å². The smallest absolute Gasteiger partial charge is 0.225 e. The van der Waals surface area contributed by atoms with E-state index in [1.807, 2.05) is 24.3 Å². The molecular weight excluding hydrogens is 262 g/mol. The summed E-state index contributed by atoms with van der Waals surface area (Å²) in [6, 6.07) is 8.28. The van der Waals surface area contributed by atoms with Crippen molar-refractivity contribution < 1.29 is 0 Å². The van der Waals surface area contributed by atoms with Gasteiger partial charge in [-0.15, -0.1) is 0 Å². The van der Waals surface area contributed by atoms with Gasteiger partial charge in [0.15, 0.2) is 0 Å². The molecule has 1 fully saturated rings. The number of benzene rings is 1. The molecule has 1 aliphatic rings. The second kappa shape index (κ2) is 6.26. The Balaban J connectivity index is 1.68. The van der Waals surface area contributed by atoms with Crippen LogP contribution in [-0.2, 0) is 0 Å². The first-order valence-corrected chi connectivity index (χ1v) is 7.75. The third-order valence-corrected chi connectivity index (χ3v) is 4.39. The lowest BCUT2D eigenvalue weighted by atomic mass is 9.84. The molecule has 1 aliphatic carbocycles. The standard InChI is InChI=1S/C16H23N5/c17-10-9-11-5-7-12(8-6-11)19-16-20-14-4-2-1-3-13(14)15(18)21-16/h1-4,11-12H,5-10,17H2,(H3,18,19,20,21). The van der Waals surface area contributed by atoms with Crippen molar-refractivity contribution >= 4 is 22.7 Å². The maximum Gasteiger partial charge on any atom is 0.225 e. The van der Waals surface area contributed by atoms with Gasteiger partial charge in [0.25, 0.3) is 0 Å². The van der Waals surface area contributed by atoms with Crippen LogP contribution >= 0.6 is 0 Å². The van der Waals surface area contributed by atoms with Crippen LogP contribution in [0.25, 0.3) is 10.9 Å². The average molecular weight is 285 g/mol. The number of rotatable bonds is 4. The lowest BCUT2D eigenvalue weighted by molar-refractivity contribution is 0.324. The lowest BCUT2D eigenvalue weighted by Gasteiger charge is -2.28. The molecule has 0 saturated heterocycles. The molecule has 3 rings (SSSR count). The summed E-state index contributed by atoms with van der Waals surface area (Å²) < 4.78 is 0. The zero-order valence-corrected chi connectivity index (χ0v) is 12.3. The Morgan fingerprint density at radius 1 is 1.10 bits per heavy atom. The van der Waals surface area contributed by atoms with E-state index >= 15 is 0 Å². The highest BCUT2D eigenvalue weighted by Gasteiger charge is 2.21. The third-order valence-electron chi connectivity index (χ3n) is 4.39. The molecule has 1 heterocycles. The van der Waals surface area contributed by atoms with E-state index < -0.39 is 0 Å². The summed E-state index contributed by atoms with van der Waals surface area (Å²) in [5.74, 6) is 1.98. The van der Waals surface area contributed by atoms with Crippen molar-refractivity contribution in [1.29, 1.82) is 0 Å². The van der Waals surface area contributed by atoms with Crippen LogP contribution in [0.4, 0.5) is 11.8 Å². The number of nitrogens with two attached hydrogens (primary N) is 2. The Morgan fingerprint density at radius 3 is 2.62 bits per heavy atom. The van der Waals surface area contributed by atoms with Gasteiger partial charge < -0.3 is 16.8 Å². The molecular formula is C16H23N5. The molecule has 5 nitrogen and oxygen atoms in total. The van der Waals surface area contributed by atoms with E-state index in [0.29, 0.717) is 17.8 Å². The molecule has 5 heteroatoms. The molecule has 2 aromatic rings. The number of anilines is 2. The maximum absolute atomic E-state index is 6.02. The number of hydrogen-bond acceptors (Lipinski definition) is 5. The fourth-order valence-corrected chi connectivity index (χ4v) is 3.18. The van der Waals surface area contributed by atoms with Gasteiger partial charge in [-0.05, 0) is 56.7 Å².